The van der Waals surface area contributed by atoms with Crippen LogP contribution in [0.15, 0.2) is 60.7 Å². The average Bonchev–Trinajstić information content (AvgIpc) is 2.85. The van der Waals surface area contributed by atoms with Gasteiger partial charge in [0.25, 0.3) is 0 Å². The Morgan fingerprint density at radius 3 is 2.43 bits per heavy atom. The summed E-state index contributed by atoms with van der Waals surface area (Å²) in [5.41, 5.74) is 2.98. The fraction of sp³-hybridized carbons (Fsp3) is 0.176. The van der Waals surface area contributed by atoms with Crippen molar-refractivity contribution in [3.63, 3.8) is 0 Å². The van der Waals surface area contributed by atoms with Gasteiger partial charge in [0, 0.05) is 16.6 Å². The molecule has 1 atom stereocenters. The first kappa shape index (κ1) is 15.7. The van der Waals surface area contributed by atoms with Gasteiger partial charge in [-0.2, -0.15) is 8.42 Å². The summed E-state index contributed by atoms with van der Waals surface area (Å²) in [7, 11) is -4.47. The van der Waals surface area contributed by atoms with Gasteiger partial charge in [0.1, 0.15) is 0 Å². The maximum atomic E-state index is 10.9. The largest absolute Gasteiger partial charge is 0.397 e. The Hall–Kier alpha value is -2.15. The molecule has 3 rings (SSSR count). The molecule has 0 radical (unpaired) electrons. The Kier molecular flexibility index (Phi) is 4.21. The first-order valence-corrected chi connectivity index (χ1v) is 8.60. The maximum Gasteiger partial charge on any atom is 0.397 e. The molecule has 0 spiro atoms. The molecule has 0 amide bonds. The molecule has 23 heavy (non-hydrogen) atoms. The van der Waals surface area contributed by atoms with Gasteiger partial charge in [0.05, 0.1) is 12.6 Å². The van der Waals surface area contributed by atoms with Gasteiger partial charge in [-0.15, -0.1) is 0 Å². The quantitative estimate of drug-likeness (QED) is 0.726. The van der Waals surface area contributed by atoms with E-state index in [9.17, 15) is 8.42 Å². The standard InChI is InChI=1S/C17H17NO4S/c1-13(22-23(19,20)21)12-18-16-10-6-5-9-15(16)11-17(18)14-7-3-2-4-8-14/h2-11,13H,12H2,1H3,(H,19,20,21). The van der Waals surface area contributed by atoms with Gasteiger partial charge in [0.15, 0.2) is 0 Å². The van der Waals surface area contributed by atoms with Crippen LogP contribution in [0.3, 0.4) is 0 Å². The van der Waals surface area contributed by atoms with E-state index in [0.29, 0.717) is 6.54 Å². The first-order valence-electron chi connectivity index (χ1n) is 7.23. The summed E-state index contributed by atoms with van der Waals surface area (Å²) in [5.74, 6) is 0. The summed E-state index contributed by atoms with van der Waals surface area (Å²) in [6, 6.07) is 19.8. The molecule has 1 N–H and O–H groups in total. The minimum absolute atomic E-state index is 0.303. The highest BCUT2D eigenvalue weighted by molar-refractivity contribution is 7.80. The normalized spacial score (nSPS) is 13.3. The van der Waals surface area contributed by atoms with Crippen LogP contribution < -0.4 is 0 Å². The van der Waals surface area contributed by atoms with Gasteiger partial charge >= 0.3 is 10.4 Å². The van der Waals surface area contributed by atoms with Crippen molar-refractivity contribution in [1.29, 1.82) is 0 Å². The number of hydrogen-bond donors (Lipinski definition) is 1. The Morgan fingerprint density at radius 2 is 1.74 bits per heavy atom. The van der Waals surface area contributed by atoms with E-state index in [0.717, 1.165) is 22.2 Å². The van der Waals surface area contributed by atoms with E-state index < -0.39 is 16.5 Å². The molecule has 2 aromatic carbocycles. The predicted molar refractivity (Wildman–Crippen MR) is 89.5 cm³/mol. The van der Waals surface area contributed by atoms with Crippen molar-refractivity contribution in [2.75, 3.05) is 0 Å². The molecule has 6 heteroatoms. The maximum absolute atomic E-state index is 10.9. The Labute approximate surface area is 135 Å². The molecule has 120 valence electrons. The fourth-order valence-electron chi connectivity index (χ4n) is 2.75. The molecule has 1 heterocycles. The highest BCUT2D eigenvalue weighted by atomic mass is 32.3. The SMILES string of the molecule is CC(Cn1c(-c2ccccc2)cc2ccccc21)OS(=O)(=O)O. The van der Waals surface area contributed by atoms with Crippen molar-refractivity contribution in [2.24, 2.45) is 0 Å². The van der Waals surface area contributed by atoms with Gasteiger partial charge in [0.2, 0.25) is 0 Å². The summed E-state index contributed by atoms with van der Waals surface area (Å²) in [6.45, 7) is 1.91. The lowest BCUT2D eigenvalue weighted by Gasteiger charge is -2.15. The fourth-order valence-corrected chi connectivity index (χ4v) is 3.23. The van der Waals surface area contributed by atoms with E-state index in [1.54, 1.807) is 6.92 Å². The number of nitrogens with zero attached hydrogens (tertiary/aromatic N) is 1. The number of benzene rings is 2. The summed E-state index contributed by atoms with van der Waals surface area (Å²) in [4.78, 5) is 0. The molecule has 0 aliphatic rings. The second-order valence-corrected chi connectivity index (χ2v) is 6.45. The summed E-state index contributed by atoms with van der Waals surface area (Å²) in [5, 5.41) is 1.06. The highest BCUT2D eigenvalue weighted by Crippen LogP contribution is 2.28. The highest BCUT2D eigenvalue weighted by Gasteiger charge is 2.17. The molecule has 3 aromatic rings. The van der Waals surface area contributed by atoms with Crippen molar-refractivity contribution < 1.29 is 17.2 Å². The van der Waals surface area contributed by atoms with E-state index in [1.807, 2.05) is 59.2 Å². The summed E-state index contributed by atoms with van der Waals surface area (Å²) < 4.78 is 37.3. The van der Waals surface area contributed by atoms with Crippen LogP contribution in [0.25, 0.3) is 22.2 Å². The summed E-state index contributed by atoms with van der Waals surface area (Å²) >= 11 is 0. The lowest BCUT2D eigenvalue weighted by Crippen LogP contribution is -2.20. The minimum atomic E-state index is -4.47. The second kappa shape index (κ2) is 6.16. The molecule has 0 fully saturated rings. The summed E-state index contributed by atoms with van der Waals surface area (Å²) in [6.07, 6.45) is -0.691. The van der Waals surface area contributed by atoms with Crippen LogP contribution in [0, 0.1) is 0 Å². The number of rotatable bonds is 5. The van der Waals surface area contributed by atoms with Gasteiger partial charge < -0.3 is 4.57 Å². The zero-order chi connectivity index (χ0) is 16.4. The third-order valence-electron chi connectivity index (χ3n) is 3.61. The van der Waals surface area contributed by atoms with E-state index in [1.165, 1.54) is 0 Å². The second-order valence-electron chi connectivity index (χ2n) is 5.40. The molecule has 0 aliphatic heterocycles. The van der Waals surface area contributed by atoms with Crippen LogP contribution in [0.2, 0.25) is 0 Å². The zero-order valence-electron chi connectivity index (χ0n) is 12.6. The Bertz CT molecular complexity index is 916. The lowest BCUT2D eigenvalue weighted by atomic mass is 10.1. The zero-order valence-corrected chi connectivity index (χ0v) is 13.4. The molecule has 0 aliphatic carbocycles. The van der Waals surface area contributed by atoms with Crippen LogP contribution in [-0.4, -0.2) is 23.6 Å². The molecule has 5 nitrogen and oxygen atoms in total. The van der Waals surface area contributed by atoms with Crippen molar-refractivity contribution in [1.82, 2.24) is 4.57 Å². The Balaban J connectivity index is 2.07. The molecule has 0 saturated carbocycles. The van der Waals surface area contributed by atoms with Gasteiger partial charge in [-0.1, -0.05) is 48.5 Å². The van der Waals surface area contributed by atoms with Crippen LogP contribution in [0.4, 0.5) is 0 Å². The predicted octanol–water partition coefficient (Wildman–Crippen LogP) is 3.52. The lowest BCUT2D eigenvalue weighted by molar-refractivity contribution is 0.182. The first-order chi connectivity index (χ1) is 10.9. The van der Waals surface area contributed by atoms with Gasteiger partial charge in [-0.3, -0.25) is 4.55 Å². The molecule has 0 bridgehead atoms. The van der Waals surface area contributed by atoms with Crippen molar-refractivity contribution >= 4 is 21.3 Å². The van der Waals surface area contributed by atoms with Crippen molar-refractivity contribution in [2.45, 2.75) is 19.6 Å². The van der Waals surface area contributed by atoms with E-state index in [-0.39, 0.29) is 0 Å². The third kappa shape index (κ3) is 3.61. The topological polar surface area (TPSA) is 68.5 Å². The molecular formula is C17H17NO4S. The number of para-hydroxylation sites is 1. The number of fused-ring (bicyclic) bond motifs is 1. The van der Waals surface area contributed by atoms with Crippen LogP contribution in [0.5, 0.6) is 0 Å². The van der Waals surface area contributed by atoms with Gasteiger partial charge in [-0.05, 0) is 24.6 Å². The average molecular weight is 331 g/mol. The molecular weight excluding hydrogens is 314 g/mol. The monoisotopic (exact) mass is 331 g/mol. The Morgan fingerprint density at radius 1 is 1.09 bits per heavy atom. The molecule has 1 unspecified atom stereocenters. The van der Waals surface area contributed by atoms with Crippen molar-refractivity contribution in [3.05, 3.63) is 60.7 Å². The minimum Gasteiger partial charge on any atom is -0.338 e. The smallest absolute Gasteiger partial charge is 0.338 e. The van der Waals surface area contributed by atoms with Crippen LogP contribution in [0.1, 0.15) is 6.92 Å². The van der Waals surface area contributed by atoms with Crippen molar-refractivity contribution in [3.8, 4) is 11.3 Å². The molecule has 1 aromatic heterocycles. The molecule has 0 saturated heterocycles. The van der Waals surface area contributed by atoms with E-state index in [4.69, 9.17) is 4.55 Å². The van der Waals surface area contributed by atoms with Gasteiger partial charge in [-0.25, -0.2) is 4.18 Å². The number of aromatic nitrogens is 1. The van der Waals surface area contributed by atoms with Crippen LogP contribution >= 0.6 is 0 Å². The third-order valence-corrected chi connectivity index (χ3v) is 4.18. The van der Waals surface area contributed by atoms with E-state index in [2.05, 4.69) is 10.2 Å². The number of hydrogen-bond acceptors (Lipinski definition) is 3. The van der Waals surface area contributed by atoms with Crippen LogP contribution in [-0.2, 0) is 21.1 Å². The van der Waals surface area contributed by atoms with E-state index >= 15 is 0 Å².